The Hall–Kier alpha value is -2.50. The lowest BCUT2D eigenvalue weighted by Gasteiger charge is -2.33. The molecule has 0 N–H and O–H groups in total. The first kappa shape index (κ1) is 16.9. The van der Waals surface area contributed by atoms with Gasteiger partial charge >= 0.3 is 0 Å². The van der Waals surface area contributed by atoms with Crippen molar-refractivity contribution in [2.75, 3.05) is 26.2 Å². The van der Waals surface area contributed by atoms with E-state index in [4.69, 9.17) is 4.52 Å². The van der Waals surface area contributed by atoms with E-state index in [2.05, 4.69) is 62.4 Å². The van der Waals surface area contributed by atoms with E-state index in [1.165, 1.54) is 11.1 Å². The van der Waals surface area contributed by atoms with Crippen LogP contribution in [0.3, 0.4) is 0 Å². The molecule has 4 rings (SSSR count). The van der Waals surface area contributed by atoms with Crippen molar-refractivity contribution in [3.05, 3.63) is 83.5 Å². The van der Waals surface area contributed by atoms with Crippen molar-refractivity contribution >= 4 is 0 Å². The third kappa shape index (κ3) is 4.56. The molecule has 2 aromatic carbocycles. The van der Waals surface area contributed by atoms with Crippen molar-refractivity contribution < 1.29 is 4.52 Å². The molecule has 26 heavy (non-hydrogen) atoms. The molecule has 0 atom stereocenters. The summed E-state index contributed by atoms with van der Waals surface area (Å²) in [5.41, 5.74) is 2.58. The molecule has 0 unspecified atom stereocenters. The molecule has 1 aliphatic heterocycles. The molecule has 1 fully saturated rings. The Kier molecular flexibility index (Phi) is 5.38. The maximum atomic E-state index is 5.45. The first-order valence-corrected chi connectivity index (χ1v) is 9.19. The number of piperazine rings is 1. The largest absolute Gasteiger partial charge is 0.338 e. The molecule has 0 amide bonds. The Morgan fingerprint density at radius 2 is 1.31 bits per heavy atom. The highest BCUT2D eigenvalue weighted by atomic mass is 16.5. The van der Waals surface area contributed by atoms with Crippen LogP contribution in [0.4, 0.5) is 0 Å². The average Bonchev–Trinajstić information content (AvgIpc) is 3.12. The van der Waals surface area contributed by atoms with Gasteiger partial charge in [-0.1, -0.05) is 65.8 Å². The molecule has 1 saturated heterocycles. The van der Waals surface area contributed by atoms with Crippen LogP contribution in [0.15, 0.2) is 65.2 Å². The van der Waals surface area contributed by atoms with Crippen molar-refractivity contribution in [2.45, 2.75) is 19.5 Å². The van der Waals surface area contributed by atoms with Crippen LogP contribution in [0.1, 0.15) is 22.8 Å². The zero-order valence-corrected chi connectivity index (χ0v) is 14.9. The smallest absolute Gasteiger partial charge is 0.240 e. The zero-order chi connectivity index (χ0) is 17.6. The van der Waals surface area contributed by atoms with Gasteiger partial charge in [0.2, 0.25) is 5.89 Å². The summed E-state index contributed by atoms with van der Waals surface area (Å²) < 4.78 is 5.45. The van der Waals surface area contributed by atoms with Gasteiger partial charge in [0.05, 0.1) is 6.54 Å². The maximum Gasteiger partial charge on any atom is 0.240 e. The molecule has 0 aliphatic carbocycles. The van der Waals surface area contributed by atoms with Crippen molar-refractivity contribution in [1.29, 1.82) is 0 Å². The minimum Gasteiger partial charge on any atom is -0.338 e. The Morgan fingerprint density at radius 3 is 1.96 bits per heavy atom. The summed E-state index contributed by atoms with van der Waals surface area (Å²) in [6.45, 7) is 5.96. The van der Waals surface area contributed by atoms with Crippen molar-refractivity contribution in [3.8, 4) is 0 Å². The molecule has 5 heteroatoms. The highest BCUT2D eigenvalue weighted by Crippen LogP contribution is 2.12. The Morgan fingerprint density at radius 1 is 0.731 bits per heavy atom. The second-order valence-electron chi connectivity index (χ2n) is 6.80. The Balaban J connectivity index is 1.26. The summed E-state index contributed by atoms with van der Waals surface area (Å²) in [7, 11) is 0. The normalized spacial score (nSPS) is 16.0. The second-order valence-corrected chi connectivity index (χ2v) is 6.80. The number of aromatic nitrogens is 2. The summed E-state index contributed by atoms with van der Waals surface area (Å²) in [6.07, 6.45) is 0.717. The maximum absolute atomic E-state index is 5.45. The van der Waals surface area contributed by atoms with Gasteiger partial charge in [0.15, 0.2) is 5.82 Å². The van der Waals surface area contributed by atoms with Crippen LogP contribution in [0.25, 0.3) is 0 Å². The van der Waals surface area contributed by atoms with Gasteiger partial charge < -0.3 is 4.52 Å². The Labute approximate surface area is 154 Å². The molecule has 0 saturated carbocycles. The highest BCUT2D eigenvalue weighted by Gasteiger charge is 2.19. The average molecular weight is 348 g/mol. The van der Waals surface area contributed by atoms with Gasteiger partial charge in [0.25, 0.3) is 0 Å². The van der Waals surface area contributed by atoms with E-state index in [1.54, 1.807) is 0 Å². The van der Waals surface area contributed by atoms with Crippen LogP contribution < -0.4 is 0 Å². The molecule has 3 aromatic rings. The lowest BCUT2D eigenvalue weighted by molar-refractivity contribution is 0.112. The molecule has 1 aromatic heterocycles. The van der Waals surface area contributed by atoms with Gasteiger partial charge in [0.1, 0.15) is 0 Å². The lowest BCUT2D eigenvalue weighted by Crippen LogP contribution is -2.45. The van der Waals surface area contributed by atoms with E-state index in [1.807, 2.05) is 18.2 Å². The summed E-state index contributed by atoms with van der Waals surface area (Å²) in [5.74, 6) is 1.47. The molecule has 5 nitrogen and oxygen atoms in total. The summed E-state index contributed by atoms with van der Waals surface area (Å²) in [5, 5.41) is 4.12. The number of rotatable bonds is 6. The van der Waals surface area contributed by atoms with Gasteiger partial charge in [0, 0.05) is 39.1 Å². The number of hydrogen-bond acceptors (Lipinski definition) is 5. The standard InChI is InChI=1S/C21H24N4O/c1-3-7-18(8-4-1)15-20-22-21(26-23-20)17-25-13-11-24(12-14-25)16-19-9-5-2-6-10-19/h1-10H,11-17H2. The van der Waals surface area contributed by atoms with Gasteiger partial charge in [-0.3, -0.25) is 9.80 Å². The van der Waals surface area contributed by atoms with Gasteiger partial charge in [-0.25, -0.2) is 0 Å². The van der Waals surface area contributed by atoms with Crippen LogP contribution in [0, 0.1) is 0 Å². The molecule has 1 aliphatic rings. The molecular formula is C21H24N4O. The third-order valence-corrected chi connectivity index (χ3v) is 4.79. The van der Waals surface area contributed by atoms with E-state index in [-0.39, 0.29) is 0 Å². The number of hydrogen-bond donors (Lipinski definition) is 0. The number of benzene rings is 2. The van der Waals surface area contributed by atoms with E-state index in [0.717, 1.165) is 51.5 Å². The Bertz CT molecular complexity index is 795. The number of nitrogens with zero attached hydrogens (tertiary/aromatic N) is 4. The predicted molar refractivity (Wildman–Crippen MR) is 101 cm³/mol. The van der Waals surface area contributed by atoms with Gasteiger partial charge in [-0.2, -0.15) is 4.98 Å². The van der Waals surface area contributed by atoms with Crippen molar-refractivity contribution in [3.63, 3.8) is 0 Å². The predicted octanol–water partition coefficient (Wildman–Crippen LogP) is 2.98. The summed E-state index contributed by atoms with van der Waals surface area (Å²) >= 11 is 0. The first-order valence-electron chi connectivity index (χ1n) is 9.19. The fraction of sp³-hybridized carbons (Fsp3) is 0.333. The minimum atomic E-state index is 0.715. The molecule has 0 spiro atoms. The molecule has 134 valence electrons. The fourth-order valence-electron chi connectivity index (χ4n) is 3.34. The van der Waals surface area contributed by atoms with E-state index in [9.17, 15) is 0 Å². The highest BCUT2D eigenvalue weighted by molar-refractivity contribution is 5.18. The summed E-state index contributed by atoms with van der Waals surface area (Å²) in [6, 6.07) is 20.9. The van der Waals surface area contributed by atoms with E-state index < -0.39 is 0 Å². The second kappa shape index (κ2) is 8.25. The van der Waals surface area contributed by atoms with Crippen molar-refractivity contribution in [2.24, 2.45) is 0 Å². The van der Waals surface area contributed by atoms with Gasteiger partial charge in [-0.15, -0.1) is 0 Å². The molecular weight excluding hydrogens is 324 g/mol. The zero-order valence-electron chi connectivity index (χ0n) is 14.9. The first-order chi connectivity index (χ1) is 12.8. The van der Waals surface area contributed by atoms with Crippen LogP contribution >= 0.6 is 0 Å². The van der Waals surface area contributed by atoms with E-state index >= 15 is 0 Å². The molecule has 0 radical (unpaired) electrons. The lowest BCUT2D eigenvalue weighted by atomic mass is 10.1. The summed E-state index contributed by atoms with van der Waals surface area (Å²) in [4.78, 5) is 9.44. The van der Waals surface area contributed by atoms with Crippen molar-refractivity contribution in [1.82, 2.24) is 19.9 Å². The molecule has 2 heterocycles. The van der Waals surface area contributed by atoms with Crippen LogP contribution in [0.5, 0.6) is 0 Å². The van der Waals surface area contributed by atoms with E-state index in [0.29, 0.717) is 5.89 Å². The third-order valence-electron chi connectivity index (χ3n) is 4.79. The topological polar surface area (TPSA) is 45.4 Å². The fourth-order valence-corrected chi connectivity index (χ4v) is 3.34. The monoisotopic (exact) mass is 348 g/mol. The van der Waals surface area contributed by atoms with Gasteiger partial charge in [-0.05, 0) is 11.1 Å². The van der Waals surface area contributed by atoms with Crippen LogP contribution in [-0.4, -0.2) is 46.1 Å². The SMILES string of the molecule is c1ccc(Cc2noc(CN3CCN(Cc4ccccc4)CC3)n2)cc1. The minimum absolute atomic E-state index is 0.715. The molecule has 0 bridgehead atoms. The van der Waals surface area contributed by atoms with Crippen LogP contribution in [0.2, 0.25) is 0 Å². The van der Waals surface area contributed by atoms with Crippen LogP contribution in [-0.2, 0) is 19.5 Å². The quantitative estimate of drug-likeness (QED) is 0.685.